The zero-order valence-electron chi connectivity index (χ0n) is 6.08. The molecule has 1 unspecified atom stereocenters. The van der Waals surface area contributed by atoms with Gasteiger partial charge in [0.2, 0.25) is 11.1 Å². The highest BCUT2D eigenvalue weighted by Gasteiger charge is 2.32. The lowest BCUT2D eigenvalue weighted by molar-refractivity contribution is -0.141. The van der Waals surface area contributed by atoms with Crippen molar-refractivity contribution in [3.63, 3.8) is 0 Å². The van der Waals surface area contributed by atoms with Crippen LogP contribution in [0.25, 0.3) is 0 Å². The quantitative estimate of drug-likeness (QED) is 0.719. The highest BCUT2D eigenvalue weighted by atomic mass is 32.2. The second-order valence-electron chi connectivity index (χ2n) is 2.11. The lowest BCUT2D eigenvalue weighted by Crippen LogP contribution is -2.09. The molecule has 0 fully saturated rings. The molecule has 1 aromatic rings. The minimum absolute atomic E-state index is 0.505. The lowest BCUT2D eigenvalue weighted by Gasteiger charge is -2.05. The Hall–Kier alpha value is -0.950. The van der Waals surface area contributed by atoms with Crippen LogP contribution in [-0.4, -0.2) is 13.7 Å². The van der Waals surface area contributed by atoms with Crippen LogP contribution < -0.4 is 0 Å². The molecule has 0 radical (unpaired) electrons. The van der Waals surface area contributed by atoms with E-state index in [4.69, 9.17) is 4.55 Å². The Morgan fingerprint density at radius 3 is 2.46 bits per heavy atom. The third kappa shape index (κ3) is 2.49. The molecule has 7 heteroatoms. The van der Waals surface area contributed by atoms with Crippen LogP contribution in [0.1, 0.15) is 5.69 Å². The fourth-order valence-corrected chi connectivity index (χ4v) is 1.04. The van der Waals surface area contributed by atoms with Crippen LogP contribution in [0.3, 0.4) is 0 Å². The Morgan fingerprint density at radius 2 is 2.00 bits per heavy atom. The van der Waals surface area contributed by atoms with Gasteiger partial charge in [0.1, 0.15) is 5.69 Å². The average molecular weight is 211 g/mol. The monoisotopic (exact) mass is 211 g/mol. The van der Waals surface area contributed by atoms with Gasteiger partial charge in [-0.3, -0.25) is 0 Å². The first-order valence-electron chi connectivity index (χ1n) is 3.06. The van der Waals surface area contributed by atoms with E-state index < -0.39 is 28.0 Å². The van der Waals surface area contributed by atoms with Gasteiger partial charge >= 0.3 is 6.18 Å². The van der Waals surface area contributed by atoms with E-state index in [1.165, 1.54) is 0 Å². The maximum atomic E-state index is 12.0. The molecule has 1 N–H and O–H groups in total. The molecule has 1 rings (SSSR count). The molecule has 1 atom stereocenters. The summed E-state index contributed by atoms with van der Waals surface area (Å²) in [6.07, 6.45) is -4.59. The number of hydrogen-bond acceptors (Lipinski definition) is 2. The van der Waals surface area contributed by atoms with Crippen molar-refractivity contribution in [2.45, 2.75) is 11.2 Å². The van der Waals surface area contributed by atoms with Crippen molar-refractivity contribution in [3.05, 3.63) is 23.9 Å². The van der Waals surface area contributed by atoms with Crippen LogP contribution in [0.15, 0.2) is 23.2 Å². The van der Waals surface area contributed by atoms with Gasteiger partial charge in [-0.1, -0.05) is 6.07 Å². The highest BCUT2D eigenvalue weighted by molar-refractivity contribution is 7.79. The zero-order valence-corrected chi connectivity index (χ0v) is 6.89. The van der Waals surface area contributed by atoms with Crippen LogP contribution in [0.5, 0.6) is 0 Å². The molecule has 0 bridgehead atoms. The minimum Gasteiger partial charge on any atom is -0.301 e. The van der Waals surface area contributed by atoms with E-state index >= 15 is 0 Å². The van der Waals surface area contributed by atoms with Crippen LogP contribution in [0, 0.1) is 0 Å². The lowest BCUT2D eigenvalue weighted by atomic mass is 10.3. The number of nitrogens with zero attached hydrogens (tertiary/aromatic N) is 1. The van der Waals surface area contributed by atoms with E-state index in [1.807, 2.05) is 0 Å². The minimum atomic E-state index is -4.59. The van der Waals surface area contributed by atoms with Gasteiger partial charge in [-0.2, -0.15) is 13.2 Å². The summed E-state index contributed by atoms with van der Waals surface area (Å²) in [5.74, 6) is 0. The topological polar surface area (TPSA) is 50.2 Å². The van der Waals surface area contributed by atoms with Gasteiger partial charge in [-0.15, -0.1) is 0 Å². The number of halogens is 3. The highest BCUT2D eigenvalue weighted by Crippen LogP contribution is 2.27. The molecular formula is C6H4F3NO2S. The van der Waals surface area contributed by atoms with Crippen LogP contribution >= 0.6 is 0 Å². The van der Waals surface area contributed by atoms with Crippen molar-refractivity contribution in [1.82, 2.24) is 4.98 Å². The van der Waals surface area contributed by atoms with Gasteiger partial charge in [-0.05, 0) is 12.1 Å². The molecule has 0 aromatic carbocycles. The number of rotatable bonds is 1. The number of alkyl halides is 3. The summed E-state index contributed by atoms with van der Waals surface area (Å²) in [6.45, 7) is 0. The number of hydrogen-bond donors (Lipinski definition) is 1. The summed E-state index contributed by atoms with van der Waals surface area (Å²) < 4.78 is 54.8. The predicted octanol–water partition coefficient (Wildman–Crippen LogP) is 1.68. The maximum Gasteiger partial charge on any atom is 0.433 e. The summed E-state index contributed by atoms with van der Waals surface area (Å²) >= 11 is -2.49. The maximum absolute atomic E-state index is 12.0. The van der Waals surface area contributed by atoms with E-state index in [2.05, 4.69) is 4.98 Å². The Labute approximate surface area is 73.9 Å². The third-order valence-corrected chi connectivity index (χ3v) is 1.78. The van der Waals surface area contributed by atoms with Gasteiger partial charge in [-0.25, -0.2) is 9.19 Å². The van der Waals surface area contributed by atoms with Crippen molar-refractivity contribution in [2.75, 3.05) is 0 Å². The van der Waals surface area contributed by atoms with Crippen molar-refractivity contribution in [3.8, 4) is 0 Å². The van der Waals surface area contributed by atoms with Crippen molar-refractivity contribution >= 4 is 11.1 Å². The van der Waals surface area contributed by atoms with Gasteiger partial charge in [0.25, 0.3) is 0 Å². The van der Waals surface area contributed by atoms with Crippen molar-refractivity contribution in [1.29, 1.82) is 0 Å². The predicted molar refractivity (Wildman–Crippen MR) is 38.3 cm³/mol. The van der Waals surface area contributed by atoms with Crippen molar-refractivity contribution < 1.29 is 21.9 Å². The average Bonchev–Trinajstić information content (AvgIpc) is 2.03. The molecule has 0 aliphatic rings. The fraction of sp³-hybridized carbons (Fsp3) is 0.167. The van der Waals surface area contributed by atoms with E-state index in [0.29, 0.717) is 0 Å². The molecule has 0 aliphatic carbocycles. The summed E-state index contributed by atoms with van der Waals surface area (Å²) in [6, 6.07) is 2.81. The summed E-state index contributed by atoms with van der Waals surface area (Å²) in [4.78, 5) is 2.97. The van der Waals surface area contributed by atoms with Crippen LogP contribution in [0.2, 0.25) is 0 Å². The SMILES string of the molecule is O=S(O)c1cccc(C(F)(F)F)n1. The first-order valence-corrected chi connectivity index (χ1v) is 4.17. The van der Waals surface area contributed by atoms with E-state index in [0.717, 1.165) is 18.2 Å². The molecule has 1 aromatic heterocycles. The summed E-state index contributed by atoms with van der Waals surface area (Å²) in [5.41, 5.74) is -1.17. The molecule has 1 heterocycles. The molecule has 0 saturated carbocycles. The van der Waals surface area contributed by atoms with Crippen LogP contribution in [-0.2, 0) is 17.3 Å². The van der Waals surface area contributed by atoms with E-state index in [-0.39, 0.29) is 0 Å². The zero-order chi connectivity index (χ0) is 10.1. The molecule has 13 heavy (non-hydrogen) atoms. The second-order valence-corrected chi connectivity index (χ2v) is 3.02. The van der Waals surface area contributed by atoms with E-state index in [9.17, 15) is 17.4 Å². The molecule has 0 aliphatic heterocycles. The molecule has 0 spiro atoms. The van der Waals surface area contributed by atoms with Gasteiger partial charge in [0.15, 0.2) is 5.03 Å². The molecular weight excluding hydrogens is 207 g/mol. The van der Waals surface area contributed by atoms with Crippen LogP contribution in [0.4, 0.5) is 13.2 Å². The smallest absolute Gasteiger partial charge is 0.301 e. The second kappa shape index (κ2) is 3.43. The Kier molecular flexibility index (Phi) is 2.67. The fourth-order valence-electron chi connectivity index (χ4n) is 0.670. The number of aromatic nitrogens is 1. The largest absolute Gasteiger partial charge is 0.433 e. The van der Waals surface area contributed by atoms with Gasteiger partial charge in [0, 0.05) is 0 Å². The molecule has 0 amide bonds. The normalized spacial score (nSPS) is 14.2. The first kappa shape index (κ1) is 10.1. The summed E-state index contributed by atoms with van der Waals surface area (Å²) in [5, 5.41) is -0.505. The Bertz CT molecular complexity index is 339. The Morgan fingerprint density at radius 1 is 1.38 bits per heavy atom. The van der Waals surface area contributed by atoms with E-state index in [1.54, 1.807) is 0 Å². The Balaban J connectivity index is 3.13. The summed E-state index contributed by atoms with van der Waals surface area (Å²) in [7, 11) is 0. The van der Waals surface area contributed by atoms with Crippen molar-refractivity contribution in [2.24, 2.45) is 0 Å². The van der Waals surface area contributed by atoms with Gasteiger partial charge in [0.05, 0.1) is 0 Å². The first-order chi connectivity index (χ1) is 5.91. The van der Waals surface area contributed by atoms with Gasteiger partial charge < -0.3 is 4.55 Å². The molecule has 0 saturated heterocycles. The molecule has 3 nitrogen and oxygen atoms in total. The standard InChI is InChI=1S/C6H4F3NO2S/c7-6(8,9)4-2-1-3-5(10-4)13(11)12/h1-3H,(H,11,12). The number of pyridine rings is 1. The molecule has 72 valence electrons. The third-order valence-electron chi connectivity index (χ3n) is 1.19.